The summed E-state index contributed by atoms with van der Waals surface area (Å²) in [5.74, 6) is 0. The third kappa shape index (κ3) is 1.48. The molecule has 0 aliphatic rings. The Morgan fingerprint density at radius 1 is 1.14 bits per heavy atom. The first-order valence-corrected chi connectivity index (χ1v) is 4.47. The van der Waals surface area contributed by atoms with Crippen molar-refractivity contribution in [1.82, 2.24) is 4.98 Å². The highest BCUT2D eigenvalue weighted by atomic mass is 16.1. The highest BCUT2D eigenvalue weighted by Crippen LogP contribution is 2.17. The molecule has 0 unspecified atom stereocenters. The third-order valence-electron chi connectivity index (χ3n) is 2.22. The molecule has 0 saturated carbocycles. The molecular formula is C11H12N2O. The molecule has 2 aromatic rings. The van der Waals surface area contributed by atoms with Crippen molar-refractivity contribution in [2.45, 2.75) is 0 Å². The average molecular weight is 188 g/mol. The maximum atomic E-state index is 11.0. The Hall–Kier alpha value is -1.77. The lowest BCUT2D eigenvalue weighted by atomic mass is 10.2. The monoisotopic (exact) mass is 188 g/mol. The number of nitrogens with one attached hydrogen (secondary N) is 1. The molecular weight excluding hydrogens is 176 g/mol. The summed E-state index contributed by atoms with van der Waals surface area (Å²) < 4.78 is 0. The lowest BCUT2D eigenvalue weighted by Crippen LogP contribution is -2.09. The predicted octanol–water partition coefficient (Wildman–Crippen LogP) is 1.59. The fourth-order valence-electron chi connectivity index (χ4n) is 1.42. The summed E-state index contributed by atoms with van der Waals surface area (Å²) in [6.07, 6.45) is 0. The van der Waals surface area contributed by atoms with Crippen LogP contribution in [0.25, 0.3) is 10.9 Å². The Morgan fingerprint density at radius 2 is 1.93 bits per heavy atom. The molecule has 0 bridgehead atoms. The summed E-state index contributed by atoms with van der Waals surface area (Å²) in [5, 5.41) is 1.05. The van der Waals surface area contributed by atoms with Gasteiger partial charge in [-0.25, -0.2) is 0 Å². The van der Waals surface area contributed by atoms with E-state index in [1.165, 1.54) is 0 Å². The minimum absolute atomic E-state index is 0.0601. The summed E-state index contributed by atoms with van der Waals surface area (Å²) in [7, 11) is 3.99. The number of aromatic amines is 1. The van der Waals surface area contributed by atoms with Crippen LogP contribution in [0.1, 0.15) is 0 Å². The Kier molecular flexibility index (Phi) is 2.00. The summed E-state index contributed by atoms with van der Waals surface area (Å²) in [4.78, 5) is 15.9. The normalized spacial score (nSPS) is 10.4. The Labute approximate surface area is 82.0 Å². The van der Waals surface area contributed by atoms with Crippen molar-refractivity contribution >= 4 is 16.6 Å². The molecule has 2 rings (SSSR count). The molecule has 14 heavy (non-hydrogen) atoms. The Bertz CT molecular complexity index is 514. The molecule has 0 aliphatic carbocycles. The SMILES string of the molecule is CN(C)c1ccc2[nH]c(=O)ccc2c1. The summed E-state index contributed by atoms with van der Waals surface area (Å²) in [5.41, 5.74) is 1.95. The number of benzene rings is 1. The fourth-order valence-corrected chi connectivity index (χ4v) is 1.42. The van der Waals surface area contributed by atoms with Gasteiger partial charge < -0.3 is 9.88 Å². The smallest absolute Gasteiger partial charge is 0.248 e. The van der Waals surface area contributed by atoms with Crippen LogP contribution in [0.15, 0.2) is 35.1 Å². The molecule has 1 heterocycles. The molecule has 0 atom stereocenters. The van der Waals surface area contributed by atoms with Crippen LogP contribution in [-0.2, 0) is 0 Å². The van der Waals surface area contributed by atoms with Gasteiger partial charge in [0.2, 0.25) is 5.56 Å². The van der Waals surface area contributed by atoms with Gasteiger partial charge in [-0.15, -0.1) is 0 Å². The van der Waals surface area contributed by atoms with E-state index in [1.807, 2.05) is 43.3 Å². The van der Waals surface area contributed by atoms with E-state index in [9.17, 15) is 4.79 Å². The molecule has 0 saturated heterocycles. The van der Waals surface area contributed by atoms with Crippen LogP contribution in [0, 0.1) is 0 Å². The van der Waals surface area contributed by atoms with Gasteiger partial charge in [0.25, 0.3) is 0 Å². The van der Waals surface area contributed by atoms with Crippen molar-refractivity contribution < 1.29 is 0 Å². The molecule has 1 N–H and O–H groups in total. The second-order valence-electron chi connectivity index (χ2n) is 3.49. The minimum atomic E-state index is -0.0601. The van der Waals surface area contributed by atoms with E-state index in [4.69, 9.17) is 0 Å². The number of pyridine rings is 1. The molecule has 3 heteroatoms. The van der Waals surface area contributed by atoms with E-state index in [-0.39, 0.29) is 5.56 Å². The van der Waals surface area contributed by atoms with Gasteiger partial charge in [-0.05, 0) is 24.3 Å². The first-order valence-electron chi connectivity index (χ1n) is 4.47. The number of aromatic nitrogens is 1. The topological polar surface area (TPSA) is 36.1 Å². The lowest BCUT2D eigenvalue weighted by molar-refractivity contribution is 1.13. The highest BCUT2D eigenvalue weighted by molar-refractivity contribution is 5.82. The third-order valence-corrected chi connectivity index (χ3v) is 2.22. The van der Waals surface area contributed by atoms with E-state index in [2.05, 4.69) is 4.98 Å². The molecule has 1 aromatic heterocycles. The molecule has 3 nitrogen and oxygen atoms in total. The lowest BCUT2D eigenvalue weighted by Gasteiger charge is -2.12. The Morgan fingerprint density at radius 3 is 2.64 bits per heavy atom. The van der Waals surface area contributed by atoms with Crippen LogP contribution in [0.3, 0.4) is 0 Å². The van der Waals surface area contributed by atoms with Crippen molar-refractivity contribution in [3.05, 3.63) is 40.7 Å². The predicted molar refractivity (Wildman–Crippen MR) is 58.9 cm³/mol. The van der Waals surface area contributed by atoms with Crippen LogP contribution in [0.2, 0.25) is 0 Å². The number of hydrogen-bond acceptors (Lipinski definition) is 2. The molecule has 0 spiro atoms. The van der Waals surface area contributed by atoms with E-state index in [0.29, 0.717) is 0 Å². The van der Waals surface area contributed by atoms with Crippen molar-refractivity contribution in [3.8, 4) is 0 Å². The van der Waals surface area contributed by atoms with Crippen LogP contribution < -0.4 is 10.5 Å². The van der Waals surface area contributed by atoms with Crippen LogP contribution in [0.4, 0.5) is 5.69 Å². The number of H-pyrrole nitrogens is 1. The first kappa shape index (κ1) is 8.81. The number of anilines is 1. The average Bonchev–Trinajstić information content (AvgIpc) is 2.16. The number of nitrogens with zero attached hydrogens (tertiary/aromatic N) is 1. The van der Waals surface area contributed by atoms with Crippen LogP contribution >= 0.6 is 0 Å². The zero-order valence-electron chi connectivity index (χ0n) is 8.24. The van der Waals surface area contributed by atoms with Crippen molar-refractivity contribution in [2.75, 3.05) is 19.0 Å². The van der Waals surface area contributed by atoms with E-state index >= 15 is 0 Å². The van der Waals surface area contributed by atoms with Gasteiger partial charge in [0.05, 0.1) is 0 Å². The van der Waals surface area contributed by atoms with E-state index in [0.717, 1.165) is 16.6 Å². The molecule has 0 aliphatic heterocycles. The summed E-state index contributed by atoms with van der Waals surface area (Å²) in [6, 6.07) is 9.33. The van der Waals surface area contributed by atoms with Crippen molar-refractivity contribution in [1.29, 1.82) is 0 Å². The standard InChI is InChI=1S/C11H12N2O/c1-13(2)9-4-5-10-8(7-9)3-6-11(14)12-10/h3-7H,1-2H3,(H,12,14). The zero-order chi connectivity index (χ0) is 10.1. The van der Waals surface area contributed by atoms with Gasteiger partial charge in [0.1, 0.15) is 0 Å². The molecule has 72 valence electrons. The second kappa shape index (κ2) is 3.18. The summed E-state index contributed by atoms with van der Waals surface area (Å²) >= 11 is 0. The van der Waals surface area contributed by atoms with Gasteiger partial charge in [-0.2, -0.15) is 0 Å². The van der Waals surface area contributed by atoms with E-state index in [1.54, 1.807) is 6.07 Å². The largest absolute Gasteiger partial charge is 0.378 e. The van der Waals surface area contributed by atoms with Gasteiger partial charge in [-0.1, -0.05) is 0 Å². The molecule has 0 fully saturated rings. The molecule has 0 radical (unpaired) electrons. The summed E-state index contributed by atoms with van der Waals surface area (Å²) in [6.45, 7) is 0. The Balaban J connectivity index is 2.67. The minimum Gasteiger partial charge on any atom is -0.378 e. The van der Waals surface area contributed by atoms with Gasteiger partial charge in [0.15, 0.2) is 0 Å². The zero-order valence-corrected chi connectivity index (χ0v) is 8.24. The molecule has 1 aromatic carbocycles. The maximum Gasteiger partial charge on any atom is 0.248 e. The number of rotatable bonds is 1. The van der Waals surface area contributed by atoms with Gasteiger partial charge in [0, 0.05) is 36.8 Å². The quantitative estimate of drug-likeness (QED) is 0.737. The second-order valence-corrected chi connectivity index (χ2v) is 3.49. The molecule has 0 amide bonds. The van der Waals surface area contributed by atoms with Gasteiger partial charge >= 0.3 is 0 Å². The van der Waals surface area contributed by atoms with Crippen LogP contribution in [0.5, 0.6) is 0 Å². The number of fused-ring (bicyclic) bond motifs is 1. The van der Waals surface area contributed by atoms with Gasteiger partial charge in [-0.3, -0.25) is 4.79 Å². The fraction of sp³-hybridized carbons (Fsp3) is 0.182. The van der Waals surface area contributed by atoms with Crippen LogP contribution in [-0.4, -0.2) is 19.1 Å². The van der Waals surface area contributed by atoms with E-state index < -0.39 is 0 Å². The maximum absolute atomic E-state index is 11.0. The number of hydrogen-bond donors (Lipinski definition) is 1. The van der Waals surface area contributed by atoms with Crippen molar-refractivity contribution in [3.63, 3.8) is 0 Å². The van der Waals surface area contributed by atoms with Crippen molar-refractivity contribution in [2.24, 2.45) is 0 Å². The highest BCUT2D eigenvalue weighted by Gasteiger charge is 1.98. The first-order chi connectivity index (χ1) is 6.66.